The molecule has 0 radical (unpaired) electrons. The Hall–Kier alpha value is -2.97. The smallest absolute Gasteiger partial charge is 0.139 e. The van der Waals surface area contributed by atoms with Crippen molar-refractivity contribution in [2.75, 3.05) is 5.32 Å². The number of nitrogens with one attached hydrogen (secondary N) is 3. The second-order valence-electron chi connectivity index (χ2n) is 7.30. The van der Waals surface area contributed by atoms with Gasteiger partial charge in [0.2, 0.25) is 0 Å². The first-order chi connectivity index (χ1) is 15.2. The van der Waals surface area contributed by atoms with Gasteiger partial charge in [0.1, 0.15) is 15.7 Å². The molecule has 0 aromatic carbocycles. The van der Waals surface area contributed by atoms with Crippen molar-refractivity contribution < 1.29 is 5.11 Å². The fourth-order valence-electron chi connectivity index (χ4n) is 3.55. The molecule has 10 heteroatoms. The zero-order valence-corrected chi connectivity index (χ0v) is 18.0. The van der Waals surface area contributed by atoms with Gasteiger partial charge in [-0.05, 0) is 43.0 Å². The van der Waals surface area contributed by atoms with Crippen molar-refractivity contribution in [1.29, 1.82) is 5.26 Å². The van der Waals surface area contributed by atoms with Gasteiger partial charge in [0.15, 0.2) is 0 Å². The molecule has 0 saturated heterocycles. The van der Waals surface area contributed by atoms with Gasteiger partial charge in [-0.1, -0.05) is 0 Å². The molecular weight excluding hydrogens is 430 g/mol. The number of pyridine rings is 2. The van der Waals surface area contributed by atoms with Gasteiger partial charge in [-0.3, -0.25) is 4.72 Å². The van der Waals surface area contributed by atoms with Crippen molar-refractivity contribution >= 4 is 40.0 Å². The summed E-state index contributed by atoms with van der Waals surface area (Å²) in [7, 11) is 0. The Bertz CT molecular complexity index is 1260. The third-order valence-electron chi connectivity index (χ3n) is 5.21. The predicted octanol–water partition coefficient (Wildman–Crippen LogP) is 3.69. The number of aromatic nitrogens is 4. The van der Waals surface area contributed by atoms with Crippen LogP contribution in [0.1, 0.15) is 23.3 Å². The van der Waals surface area contributed by atoms with E-state index in [2.05, 4.69) is 36.0 Å². The van der Waals surface area contributed by atoms with Crippen LogP contribution in [0.4, 0.5) is 5.69 Å². The first-order valence-electron chi connectivity index (χ1n) is 9.80. The number of thiazole rings is 1. The van der Waals surface area contributed by atoms with Crippen molar-refractivity contribution in [3.63, 3.8) is 0 Å². The van der Waals surface area contributed by atoms with E-state index < -0.39 is 0 Å². The van der Waals surface area contributed by atoms with Crippen LogP contribution in [0.3, 0.4) is 0 Å². The molecule has 0 unspecified atom stereocenters. The molecule has 0 spiro atoms. The molecule has 0 bridgehead atoms. The van der Waals surface area contributed by atoms with Crippen LogP contribution in [-0.4, -0.2) is 37.1 Å². The maximum absolute atomic E-state index is 9.39. The molecule has 0 aliphatic heterocycles. The molecule has 1 aliphatic rings. The first kappa shape index (κ1) is 20.0. The molecule has 5 rings (SSSR count). The molecule has 1 saturated carbocycles. The average Bonchev–Trinajstić information content (AvgIpc) is 3.44. The van der Waals surface area contributed by atoms with Gasteiger partial charge in [0.25, 0.3) is 0 Å². The molecule has 4 N–H and O–H groups in total. The summed E-state index contributed by atoms with van der Waals surface area (Å²) in [4.78, 5) is 17.3. The van der Waals surface area contributed by atoms with Crippen molar-refractivity contribution in [1.82, 2.24) is 24.7 Å². The van der Waals surface area contributed by atoms with Crippen LogP contribution >= 0.6 is 23.3 Å². The van der Waals surface area contributed by atoms with Gasteiger partial charge < -0.3 is 15.4 Å². The third kappa shape index (κ3) is 4.13. The number of rotatable bonds is 7. The second kappa shape index (κ2) is 8.64. The highest BCUT2D eigenvalue weighted by Crippen LogP contribution is 2.38. The standard InChI is InChI=1S/C21H19N7OS2/c22-8-12-1-3-23-18(5-12)31-28-14-6-13(7-14)27-19-16-2-4-24-20(16)25-10-17(19)21-26-9-15(11-29)30-21/h1-5,9-10,13-14,28-29H,6-7,11H2,(H2,24,25,27). The summed E-state index contributed by atoms with van der Waals surface area (Å²) in [5.41, 5.74) is 3.41. The monoisotopic (exact) mass is 449 g/mol. The van der Waals surface area contributed by atoms with E-state index in [1.165, 1.54) is 23.3 Å². The Morgan fingerprint density at radius 2 is 2.13 bits per heavy atom. The lowest BCUT2D eigenvalue weighted by molar-refractivity contribution is 0.285. The summed E-state index contributed by atoms with van der Waals surface area (Å²) in [5, 5.41) is 24.8. The van der Waals surface area contributed by atoms with Gasteiger partial charge in [-0.15, -0.1) is 11.3 Å². The molecule has 4 aromatic heterocycles. The third-order valence-corrected chi connectivity index (χ3v) is 7.11. The van der Waals surface area contributed by atoms with Gasteiger partial charge in [0.05, 0.1) is 34.4 Å². The minimum absolute atomic E-state index is 0.0139. The Labute approximate surface area is 186 Å². The number of H-pyrrole nitrogens is 1. The van der Waals surface area contributed by atoms with E-state index in [0.29, 0.717) is 17.6 Å². The van der Waals surface area contributed by atoms with E-state index in [1.807, 2.05) is 18.5 Å². The Morgan fingerprint density at radius 1 is 1.23 bits per heavy atom. The van der Waals surface area contributed by atoms with Gasteiger partial charge in [-0.2, -0.15) is 5.26 Å². The highest BCUT2D eigenvalue weighted by Gasteiger charge is 2.30. The first-order valence-corrected chi connectivity index (χ1v) is 11.4. The van der Waals surface area contributed by atoms with Crippen molar-refractivity contribution in [3.8, 4) is 16.6 Å². The number of aliphatic hydroxyl groups excluding tert-OH is 1. The molecule has 1 fully saturated rings. The Morgan fingerprint density at radius 3 is 2.94 bits per heavy atom. The van der Waals surface area contributed by atoms with E-state index in [9.17, 15) is 5.11 Å². The summed E-state index contributed by atoms with van der Waals surface area (Å²) in [6, 6.07) is 8.33. The van der Waals surface area contributed by atoms with Crippen LogP contribution in [0.2, 0.25) is 0 Å². The maximum Gasteiger partial charge on any atom is 0.139 e. The number of nitrogens with zero attached hydrogens (tertiary/aromatic N) is 4. The topological polar surface area (TPSA) is 123 Å². The number of nitriles is 1. The molecule has 4 heterocycles. The fourth-order valence-corrected chi connectivity index (χ4v) is 5.11. The van der Waals surface area contributed by atoms with Crippen LogP contribution in [0, 0.1) is 11.3 Å². The number of hydrogen-bond donors (Lipinski definition) is 4. The summed E-state index contributed by atoms with van der Waals surface area (Å²) in [5.74, 6) is 0. The SMILES string of the molecule is N#Cc1ccnc(SNC2CC(Nc3c(-c4ncc(CO)s4)cnc4[nH]ccc34)C2)c1. The van der Waals surface area contributed by atoms with E-state index >= 15 is 0 Å². The molecule has 31 heavy (non-hydrogen) atoms. The highest BCUT2D eigenvalue weighted by molar-refractivity contribution is 7.97. The van der Waals surface area contributed by atoms with Crippen LogP contribution < -0.4 is 10.0 Å². The number of hydrogen-bond acceptors (Lipinski definition) is 9. The van der Waals surface area contributed by atoms with Crippen LogP contribution in [0.25, 0.3) is 21.6 Å². The largest absolute Gasteiger partial charge is 0.391 e. The Balaban J connectivity index is 1.27. The number of aromatic amines is 1. The lowest BCUT2D eigenvalue weighted by atomic mass is 9.87. The van der Waals surface area contributed by atoms with Crippen LogP contribution in [-0.2, 0) is 6.61 Å². The normalized spacial score (nSPS) is 17.9. The molecular formula is C21H19N7OS2. The van der Waals surface area contributed by atoms with Gasteiger partial charge in [-0.25, -0.2) is 15.0 Å². The summed E-state index contributed by atoms with van der Waals surface area (Å²) in [6.07, 6.45) is 9.02. The van der Waals surface area contributed by atoms with Crippen molar-refractivity contribution in [2.45, 2.75) is 36.6 Å². The maximum atomic E-state index is 9.39. The molecule has 8 nitrogen and oxygen atoms in total. The zero-order chi connectivity index (χ0) is 21.2. The zero-order valence-electron chi connectivity index (χ0n) is 16.4. The summed E-state index contributed by atoms with van der Waals surface area (Å²) < 4.78 is 3.44. The fraction of sp³-hybridized carbons (Fsp3) is 0.238. The lowest BCUT2D eigenvalue weighted by Gasteiger charge is -2.37. The van der Waals surface area contributed by atoms with Gasteiger partial charge >= 0.3 is 0 Å². The number of aliphatic hydroxyl groups is 1. The quantitative estimate of drug-likeness (QED) is 0.315. The van der Waals surface area contributed by atoms with Gasteiger partial charge in [0, 0.05) is 42.3 Å². The number of anilines is 1. The predicted molar refractivity (Wildman–Crippen MR) is 122 cm³/mol. The molecule has 1 aliphatic carbocycles. The summed E-state index contributed by atoms with van der Waals surface area (Å²) in [6.45, 7) is -0.0139. The molecule has 4 aromatic rings. The van der Waals surface area contributed by atoms with Crippen molar-refractivity contribution in [2.24, 2.45) is 0 Å². The summed E-state index contributed by atoms with van der Waals surface area (Å²) >= 11 is 2.94. The van der Waals surface area contributed by atoms with E-state index in [0.717, 1.165) is 50.0 Å². The minimum atomic E-state index is -0.0139. The molecule has 156 valence electrons. The van der Waals surface area contributed by atoms with E-state index in [1.54, 1.807) is 24.5 Å². The Kier molecular flexibility index (Phi) is 5.57. The second-order valence-corrected chi connectivity index (χ2v) is 9.27. The average molecular weight is 450 g/mol. The van der Waals surface area contributed by atoms with Crippen molar-refractivity contribution in [3.05, 3.63) is 53.4 Å². The van der Waals surface area contributed by atoms with E-state index in [4.69, 9.17) is 5.26 Å². The highest BCUT2D eigenvalue weighted by atomic mass is 32.2. The van der Waals surface area contributed by atoms with E-state index in [-0.39, 0.29) is 6.61 Å². The minimum Gasteiger partial charge on any atom is -0.391 e. The molecule has 0 amide bonds. The van der Waals surface area contributed by atoms with Crippen LogP contribution in [0.5, 0.6) is 0 Å². The molecule has 0 atom stereocenters. The number of fused-ring (bicyclic) bond motifs is 1. The lowest BCUT2D eigenvalue weighted by Crippen LogP contribution is -2.45. The van der Waals surface area contributed by atoms with Crippen LogP contribution in [0.15, 0.2) is 48.0 Å².